The number of rotatable bonds is 3. The van der Waals surface area contributed by atoms with Gasteiger partial charge in [-0.3, -0.25) is 9.48 Å². The highest BCUT2D eigenvalue weighted by molar-refractivity contribution is 5.87. The summed E-state index contributed by atoms with van der Waals surface area (Å²) in [5.41, 5.74) is 1.93. The summed E-state index contributed by atoms with van der Waals surface area (Å²) in [6.07, 6.45) is 5.98. The molecule has 2 aliphatic rings. The van der Waals surface area contributed by atoms with Crippen molar-refractivity contribution in [3.8, 4) is 0 Å². The average Bonchev–Trinajstić information content (AvgIpc) is 3.46. The summed E-state index contributed by atoms with van der Waals surface area (Å²) in [6, 6.07) is 3.73. The Labute approximate surface area is 156 Å². The molecule has 0 bridgehead atoms. The maximum Gasteiger partial charge on any atom is 0.267 e. The van der Waals surface area contributed by atoms with Gasteiger partial charge in [0, 0.05) is 32.1 Å². The van der Waals surface area contributed by atoms with Crippen LogP contribution in [0.1, 0.15) is 49.2 Å². The van der Waals surface area contributed by atoms with Crippen LogP contribution in [0.5, 0.6) is 0 Å². The van der Waals surface area contributed by atoms with Crippen LogP contribution in [0.15, 0.2) is 23.1 Å². The molecule has 2 fully saturated rings. The van der Waals surface area contributed by atoms with Crippen molar-refractivity contribution in [2.24, 2.45) is 7.05 Å². The van der Waals surface area contributed by atoms with Crippen LogP contribution in [-0.2, 0) is 7.05 Å². The van der Waals surface area contributed by atoms with Gasteiger partial charge in [0.1, 0.15) is 11.6 Å². The number of aromatic nitrogens is 6. The lowest BCUT2D eigenvalue weighted by atomic mass is 10.0. The van der Waals surface area contributed by atoms with Gasteiger partial charge in [-0.1, -0.05) is 0 Å². The topological polar surface area (TPSA) is 81.7 Å². The van der Waals surface area contributed by atoms with Gasteiger partial charge in [-0.25, -0.2) is 14.6 Å². The van der Waals surface area contributed by atoms with Gasteiger partial charge in [-0.2, -0.15) is 10.2 Å². The lowest BCUT2D eigenvalue weighted by Crippen LogP contribution is -2.39. The first-order valence-electron chi connectivity index (χ1n) is 9.61. The summed E-state index contributed by atoms with van der Waals surface area (Å²) < 4.78 is 3.50. The van der Waals surface area contributed by atoms with E-state index in [1.807, 2.05) is 26.2 Å². The normalized spacial score (nSPS) is 18.4. The molecule has 0 radical (unpaired) electrons. The molecule has 1 aliphatic carbocycles. The number of nitrogens with zero attached hydrogens (tertiary/aromatic N) is 7. The molecular formula is C19H23N7O. The molecule has 3 aromatic heterocycles. The Morgan fingerprint density at radius 1 is 1.07 bits per heavy atom. The van der Waals surface area contributed by atoms with Crippen molar-refractivity contribution in [1.29, 1.82) is 0 Å². The monoisotopic (exact) mass is 365 g/mol. The van der Waals surface area contributed by atoms with Gasteiger partial charge >= 0.3 is 0 Å². The van der Waals surface area contributed by atoms with Crippen LogP contribution in [0.3, 0.4) is 0 Å². The molecule has 8 heteroatoms. The first-order chi connectivity index (χ1) is 13.1. The first-order valence-corrected chi connectivity index (χ1v) is 9.61. The molecule has 1 saturated heterocycles. The molecule has 0 N–H and O–H groups in total. The maximum atomic E-state index is 12.3. The van der Waals surface area contributed by atoms with Gasteiger partial charge in [0.15, 0.2) is 5.65 Å². The molecule has 0 aromatic carbocycles. The van der Waals surface area contributed by atoms with Crippen LogP contribution in [0, 0.1) is 6.92 Å². The zero-order chi connectivity index (χ0) is 18.5. The Hall–Kier alpha value is -2.77. The fourth-order valence-electron chi connectivity index (χ4n) is 3.97. The molecule has 27 heavy (non-hydrogen) atoms. The van der Waals surface area contributed by atoms with Crippen LogP contribution < -0.4 is 10.5 Å². The highest BCUT2D eigenvalue weighted by Crippen LogP contribution is 2.38. The predicted octanol–water partition coefficient (Wildman–Crippen LogP) is 1.95. The van der Waals surface area contributed by atoms with E-state index in [2.05, 4.69) is 25.1 Å². The number of hydrogen-bond acceptors (Lipinski definition) is 6. The number of anilines is 1. The molecule has 0 spiro atoms. The molecule has 8 nitrogen and oxygen atoms in total. The van der Waals surface area contributed by atoms with Gasteiger partial charge in [0.25, 0.3) is 5.56 Å². The van der Waals surface area contributed by atoms with Crippen LogP contribution in [-0.4, -0.2) is 42.6 Å². The van der Waals surface area contributed by atoms with E-state index >= 15 is 0 Å². The van der Waals surface area contributed by atoms with Gasteiger partial charge < -0.3 is 4.90 Å². The van der Waals surface area contributed by atoms with Crippen LogP contribution in [0.2, 0.25) is 0 Å². The second-order valence-electron chi connectivity index (χ2n) is 7.63. The van der Waals surface area contributed by atoms with Crippen LogP contribution in [0.4, 0.5) is 5.82 Å². The second-order valence-corrected chi connectivity index (χ2v) is 7.63. The van der Waals surface area contributed by atoms with Gasteiger partial charge in [0.2, 0.25) is 0 Å². The predicted molar refractivity (Wildman–Crippen MR) is 102 cm³/mol. The zero-order valence-electron chi connectivity index (χ0n) is 15.7. The van der Waals surface area contributed by atoms with Crippen molar-refractivity contribution in [2.45, 2.75) is 44.6 Å². The Bertz CT molecular complexity index is 1060. The van der Waals surface area contributed by atoms with Crippen molar-refractivity contribution in [3.63, 3.8) is 0 Å². The van der Waals surface area contributed by atoms with Crippen molar-refractivity contribution in [2.75, 3.05) is 18.0 Å². The Kier molecular flexibility index (Phi) is 3.73. The molecule has 0 unspecified atom stereocenters. The van der Waals surface area contributed by atoms with E-state index in [4.69, 9.17) is 0 Å². The highest BCUT2D eigenvalue weighted by Gasteiger charge is 2.28. The van der Waals surface area contributed by atoms with E-state index in [0.717, 1.165) is 54.3 Å². The Balaban J connectivity index is 1.40. The second kappa shape index (κ2) is 6.14. The zero-order valence-corrected chi connectivity index (χ0v) is 15.7. The fraction of sp³-hybridized carbons (Fsp3) is 0.526. The van der Waals surface area contributed by atoms with E-state index in [9.17, 15) is 4.79 Å². The van der Waals surface area contributed by atoms with E-state index in [1.165, 1.54) is 12.8 Å². The highest BCUT2D eigenvalue weighted by atomic mass is 16.1. The third-order valence-electron chi connectivity index (χ3n) is 5.63. The number of aryl methyl sites for hydroxylation is 2. The van der Waals surface area contributed by atoms with E-state index in [-0.39, 0.29) is 11.6 Å². The smallest absolute Gasteiger partial charge is 0.267 e. The summed E-state index contributed by atoms with van der Waals surface area (Å²) in [4.78, 5) is 23.8. The largest absolute Gasteiger partial charge is 0.356 e. The number of fused-ring (bicyclic) bond motifs is 1. The summed E-state index contributed by atoms with van der Waals surface area (Å²) in [5.74, 6) is 2.24. The summed E-state index contributed by atoms with van der Waals surface area (Å²) in [6.45, 7) is 3.59. The van der Waals surface area contributed by atoms with E-state index in [1.54, 1.807) is 15.4 Å². The minimum absolute atomic E-state index is 0.00498. The maximum absolute atomic E-state index is 12.3. The third-order valence-corrected chi connectivity index (χ3v) is 5.63. The molecule has 5 rings (SSSR count). The molecule has 1 saturated carbocycles. The van der Waals surface area contributed by atoms with Gasteiger partial charge in [-0.15, -0.1) is 0 Å². The van der Waals surface area contributed by atoms with Crippen LogP contribution in [0.25, 0.3) is 11.0 Å². The minimum atomic E-state index is 0.00498. The molecule has 3 aromatic rings. The van der Waals surface area contributed by atoms with E-state index in [0.29, 0.717) is 5.92 Å². The minimum Gasteiger partial charge on any atom is -0.356 e. The number of piperidine rings is 1. The molecule has 0 amide bonds. The molecule has 0 atom stereocenters. The lowest BCUT2D eigenvalue weighted by molar-refractivity contribution is 0.349. The molecule has 1 aliphatic heterocycles. The van der Waals surface area contributed by atoms with Crippen molar-refractivity contribution in [3.05, 3.63) is 40.2 Å². The van der Waals surface area contributed by atoms with Crippen molar-refractivity contribution in [1.82, 2.24) is 29.5 Å². The lowest BCUT2D eigenvalue weighted by Gasteiger charge is -2.33. The van der Waals surface area contributed by atoms with Crippen molar-refractivity contribution >= 4 is 16.9 Å². The SMILES string of the molecule is Cc1nc(N2CCC(n3nc(C4CC4)ccc3=O)CC2)c2cnn(C)c2n1. The van der Waals surface area contributed by atoms with E-state index < -0.39 is 0 Å². The summed E-state index contributed by atoms with van der Waals surface area (Å²) in [5, 5.41) is 9.98. The third kappa shape index (κ3) is 2.89. The molecular weight excluding hydrogens is 342 g/mol. The Morgan fingerprint density at radius 3 is 2.59 bits per heavy atom. The molecule has 140 valence electrons. The molecule has 4 heterocycles. The Morgan fingerprint density at radius 2 is 1.85 bits per heavy atom. The standard InChI is InChI=1S/C19H23N7O/c1-12-21-18-15(11-20-24(18)2)19(22-12)25-9-7-14(8-10-25)26-17(27)6-5-16(23-26)13-3-4-13/h5-6,11,13-14H,3-4,7-10H2,1-2H3. The van der Waals surface area contributed by atoms with Gasteiger partial charge in [-0.05, 0) is 38.7 Å². The fourth-order valence-corrected chi connectivity index (χ4v) is 3.97. The van der Waals surface area contributed by atoms with Gasteiger partial charge in [0.05, 0.1) is 23.3 Å². The first kappa shape index (κ1) is 16.4. The summed E-state index contributed by atoms with van der Waals surface area (Å²) >= 11 is 0. The van der Waals surface area contributed by atoms with Crippen LogP contribution >= 0.6 is 0 Å². The quantitative estimate of drug-likeness (QED) is 0.706. The summed E-state index contributed by atoms with van der Waals surface area (Å²) in [7, 11) is 1.90. The number of hydrogen-bond donors (Lipinski definition) is 0. The average molecular weight is 365 g/mol. The van der Waals surface area contributed by atoms with Crippen molar-refractivity contribution < 1.29 is 0 Å².